The summed E-state index contributed by atoms with van der Waals surface area (Å²) in [5.74, 6) is 0. The second-order valence-corrected chi connectivity index (χ2v) is 6.79. The third kappa shape index (κ3) is 4.94. The van der Waals surface area contributed by atoms with Crippen LogP contribution in [-0.2, 0) is 4.74 Å². The fourth-order valence-corrected chi connectivity index (χ4v) is 3.17. The zero-order valence-electron chi connectivity index (χ0n) is 14.8. The Bertz CT molecular complexity index is 694. The summed E-state index contributed by atoms with van der Waals surface area (Å²) >= 11 is 5.43. The molecule has 0 spiro atoms. The van der Waals surface area contributed by atoms with Gasteiger partial charge < -0.3 is 20.3 Å². The predicted molar refractivity (Wildman–Crippen MR) is 108 cm³/mol. The Morgan fingerprint density at radius 1 is 1.04 bits per heavy atom. The predicted octanol–water partition coefficient (Wildman–Crippen LogP) is 3.88. The Morgan fingerprint density at radius 2 is 1.68 bits per heavy atom. The molecule has 1 atom stereocenters. The summed E-state index contributed by atoms with van der Waals surface area (Å²) in [7, 11) is 0. The molecule has 3 rings (SSSR count). The molecule has 2 N–H and O–H groups in total. The molecular formula is C20H25N3OS. The molecule has 1 saturated heterocycles. The minimum Gasteiger partial charge on any atom is -0.378 e. The van der Waals surface area contributed by atoms with Gasteiger partial charge in [0.2, 0.25) is 0 Å². The van der Waals surface area contributed by atoms with Crippen molar-refractivity contribution in [3.8, 4) is 0 Å². The zero-order chi connectivity index (χ0) is 17.6. The maximum absolute atomic E-state index is 5.43. The van der Waals surface area contributed by atoms with E-state index in [0.29, 0.717) is 5.11 Å². The van der Waals surface area contributed by atoms with Gasteiger partial charge in [-0.2, -0.15) is 0 Å². The lowest BCUT2D eigenvalue weighted by atomic mass is 10.1. The van der Waals surface area contributed by atoms with Crippen LogP contribution in [-0.4, -0.2) is 31.4 Å². The van der Waals surface area contributed by atoms with Gasteiger partial charge in [-0.3, -0.25) is 0 Å². The molecule has 0 radical (unpaired) electrons. The van der Waals surface area contributed by atoms with Gasteiger partial charge in [-0.15, -0.1) is 0 Å². The lowest BCUT2D eigenvalue weighted by Gasteiger charge is -2.29. The van der Waals surface area contributed by atoms with Gasteiger partial charge in [-0.05, 0) is 55.9 Å². The van der Waals surface area contributed by atoms with E-state index in [4.69, 9.17) is 17.0 Å². The smallest absolute Gasteiger partial charge is 0.171 e. The van der Waals surface area contributed by atoms with Crippen LogP contribution in [0.1, 0.15) is 24.1 Å². The van der Waals surface area contributed by atoms with Crippen molar-refractivity contribution in [2.45, 2.75) is 19.9 Å². The number of ether oxygens (including phenoxy) is 1. The molecule has 0 saturated carbocycles. The number of anilines is 2. The van der Waals surface area contributed by atoms with Crippen LogP contribution in [0.25, 0.3) is 0 Å². The topological polar surface area (TPSA) is 36.5 Å². The maximum atomic E-state index is 5.43. The molecule has 1 aliphatic heterocycles. The first-order chi connectivity index (χ1) is 12.1. The molecule has 2 aromatic carbocycles. The van der Waals surface area contributed by atoms with Gasteiger partial charge in [0.05, 0.1) is 19.3 Å². The van der Waals surface area contributed by atoms with Gasteiger partial charge in [0, 0.05) is 24.5 Å². The molecule has 5 heteroatoms. The average molecular weight is 356 g/mol. The number of nitrogens with zero attached hydrogens (tertiary/aromatic N) is 1. The number of nitrogens with one attached hydrogen (secondary N) is 2. The van der Waals surface area contributed by atoms with E-state index in [1.807, 2.05) is 12.1 Å². The molecule has 0 aliphatic carbocycles. The van der Waals surface area contributed by atoms with Crippen molar-refractivity contribution in [3.05, 3.63) is 59.7 Å². The normalized spacial score (nSPS) is 15.5. The molecule has 132 valence electrons. The van der Waals surface area contributed by atoms with Crippen LogP contribution >= 0.6 is 12.2 Å². The van der Waals surface area contributed by atoms with E-state index in [9.17, 15) is 0 Å². The van der Waals surface area contributed by atoms with E-state index in [1.54, 1.807) is 0 Å². The van der Waals surface area contributed by atoms with E-state index in [-0.39, 0.29) is 6.04 Å². The van der Waals surface area contributed by atoms with Gasteiger partial charge >= 0.3 is 0 Å². The molecule has 25 heavy (non-hydrogen) atoms. The number of thiocarbonyl (C=S) groups is 1. The monoisotopic (exact) mass is 355 g/mol. The Balaban J connectivity index is 1.55. The van der Waals surface area contributed by atoms with Crippen molar-refractivity contribution in [2.75, 3.05) is 36.5 Å². The van der Waals surface area contributed by atoms with Gasteiger partial charge in [0.25, 0.3) is 0 Å². The van der Waals surface area contributed by atoms with Gasteiger partial charge in [-0.25, -0.2) is 0 Å². The van der Waals surface area contributed by atoms with E-state index >= 15 is 0 Å². The van der Waals surface area contributed by atoms with Crippen LogP contribution in [0.2, 0.25) is 0 Å². The number of morpholine rings is 1. The molecule has 0 unspecified atom stereocenters. The van der Waals surface area contributed by atoms with Crippen LogP contribution in [0.3, 0.4) is 0 Å². The molecule has 4 nitrogen and oxygen atoms in total. The Labute approximate surface area is 155 Å². The van der Waals surface area contributed by atoms with Crippen LogP contribution in [0.5, 0.6) is 0 Å². The summed E-state index contributed by atoms with van der Waals surface area (Å²) in [6.45, 7) is 7.71. The van der Waals surface area contributed by atoms with Crippen molar-refractivity contribution in [2.24, 2.45) is 0 Å². The summed E-state index contributed by atoms with van der Waals surface area (Å²) in [6, 6.07) is 17.0. The highest BCUT2D eigenvalue weighted by molar-refractivity contribution is 7.80. The first kappa shape index (κ1) is 17.7. The zero-order valence-corrected chi connectivity index (χ0v) is 15.6. The molecular weight excluding hydrogens is 330 g/mol. The summed E-state index contributed by atoms with van der Waals surface area (Å²) < 4.78 is 5.41. The first-order valence-corrected chi connectivity index (χ1v) is 9.09. The molecule has 2 aromatic rings. The largest absolute Gasteiger partial charge is 0.378 e. The number of rotatable bonds is 4. The summed E-state index contributed by atoms with van der Waals surface area (Å²) in [6.07, 6.45) is 0. The summed E-state index contributed by atoms with van der Waals surface area (Å²) in [5.41, 5.74) is 4.70. The van der Waals surface area contributed by atoms with Crippen LogP contribution in [0, 0.1) is 6.92 Å². The van der Waals surface area contributed by atoms with Gasteiger partial charge in [0.15, 0.2) is 5.11 Å². The lowest BCUT2D eigenvalue weighted by molar-refractivity contribution is 0.122. The highest BCUT2D eigenvalue weighted by Gasteiger charge is 2.12. The minimum absolute atomic E-state index is 0.143. The van der Waals surface area contributed by atoms with Crippen molar-refractivity contribution < 1.29 is 4.74 Å². The average Bonchev–Trinajstić information content (AvgIpc) is 2.64. The van der Waals surface area contributed by atoms with Crippen LogP contribution < -0.4 is 15.5 Å². The molecule has 1 aliphatic rings. The number of benzene rings is 2. The Morgan fingerprint density at radius 3 is 2.32 bits per heavy atom. The second-order valence-electron chi connectivity index (χ2n) is 6.38. The molecule has 0 bridgehead atoms. The van der Waals surface area contributed by atoms with E-state index < -0.39 is 0 Å². The molecule has 0 aromatic heterocycles. The standard InChI is InChI=1S/C20H25N3OS/c1-15-3-7-18(8-4-15)22-20(25)21-16(2)17-5-9-19(10-6-17)23-11-13-24-14-12-23/h3-10,16H,11-14H2,1-2H3,(H2,21,22,25)/t16-/m0/s1. The minimum atomic E-state index is 0.143. The van der Waals surface area contributed by atoms with E-state index in [1.165, 1.54) is 16.8 Å². The quantitative estimate of drug-likeness (QED) is 0.814. The van der Waals surface area contributed by atoms with Crippen molar-refractivity contribution in [1.82, 2.24) is 5.32 Å². The van der Waals surface area contributed by atoms with Crippen molar-refractivity contribution in [3.63, 3.8) is 0 Å². The van der Waals surface area contributed by atoms with Crippen LogP contribution in [0.15, 0.2) is 48.5 Å². The lowest BCUT2D eigenvalue weighted by Crippen LogP contribution is -2.36. The van der Waals surface area contributed by atoms with Gasteiger partial charge in [0.1, 0.15) is 0 Å². The van der Waals surface area contributed by atoms with Crippen LogP contribution in [0.4, 0.5) is 11.4 Å². The van der Waals surface area contributed by atoms with Crippen molar-refractivity contribution >= 4 is 28.7 Å². The summed E-state index contributed by atoms with van der Waals surface area (Å²) in [4.78, 5) is 2.36. The SMILES string of the molecule is Cc1ccc(NC(=S)N[C@@H](C)c2ccc(N3CCOCC3)cc2)cc1. The number of hydrogen-bond acceptors (Lipinski definition) is 3. The van der Waals surface area contributed by atoms with E-state index in [2.05, 4.69) is 65.8 Å². The molecule has 1 fully saturated rings. The maximum Gasteiger partial charge on any atom is 0.171 e. The third-order valence-corrected chi connectivity index (χ3v) is 4.65. The first-order valence-electron chi connectivity index (χ1n) is 8.68. The molecule has 0 amide bonds. The van der Waals surface area contributed by atoms with E-state index in [0.717, 1.165) is 32.0 Å². The summed E-state index contributed by atoms with van der Waals surface area (Å²) in [5, 5.41) is 7.21. The number of aryl methyl sites for hydroxylation is 1. The fourth-order valence-electron chi connectivity index (χ4n) is 2.88. The second kappa shape index (κ2) is 8.32. The molecule has 1 heterocycles. The Hall–Kier alpha value is -2.11. The van der Waals surface area contributed by atoms with Crippen molar-refractivity contribution in [1.29, 1.82) is 0 Å². The highest BCUT2D eigenvalue weighted by atomic mass is 32.1. The fraction of sp³-hybridized carbons (Fsp3) is 0.350. The van der Waals surface area contributed by atoms with Gasteiger partial charge in [-0.1, -0.05) is 29.8 Å². The highest BCUT2D eigenvalue weighted by Crippen LogP contribution is 2.20. The number of hydrogen-bond donors (Lipinski definition) is 2. The Kier molecular flexibility index (Phi) is 5.89. The third-order valence-electron chi connectivity index (χ3n) is 4.43.